The van der Waals surface area contributed by atoms with Gasteiger partial charge in [0.2, 0.25) is 5.91 Å². The molecule has 16 heavy (non-hydrogen) atoms. The van der Waals surface area contributed by atoms with E-state index in [9.17, 15) is 4.79 Å². The summed E-state index contributed by atoms with van der Waals surface area (Å²) in [6.45, 7) is 4.43. The highest BCUT2D eigenvalue weighted by Gasteiger charge is 2.08. The highest BCUT2D eigenvalue weighted by Crippen LogP contribution is 2.15. The number of carbonyl (C=O) groups excluding carboxylic acids is 1. The van der Waals surface area contributed by atoms with E-state index in [0.717, 1.165) is 12.1 Å². The van der Waals surface area contributed by atoms with E-state index in [0.29, 0.717) is 5.92 Å². The maximum atomic E-state index is 11.4. The zero-order valence-corrected chi connectivity index (χ0v) is 10.2. The van der Waals surface area contributed by atoms with Crippen molar-refractivity contribution >= 4 is 11.6 Å². The molecule has 1 aromatic rings. The van der Waals surface area contributed by atoms with E-state index in [1.165, 1.54) is 5.56 Å². The minimum atomic E-state index is -0.0726. The molecule has 1 amide bonds. The Labute approximate surface area is 97.2 Å². The molecule has 2 N–H and O–H groups in total. The number of hydrogen-bond acceptors (Lipinski definition) is 2. The third kappa shape index (κ3) is 3.35. The molecule has 0 fully saturated rings. The minimum Gasteiger partial charge on any atom is -0.322 e. The van der Waals surface area contributed by atoms with Gasteiger partial charge in [-0.15, -0.1) is 0 Å². The monoisotopic (exact) mass is 220 g/mol. The van der Waals surface area contributed by atoms with Crippen molar-refractivity contribution in [3.63, 3.8) is 0 Å². The van der Waals surface area contributed by atoms with Crippen LogP contribution in [0.25, 0.3) is 0 Å². The molecule has 0 aliphatic rings. The Morgan fingerprint density at radius 2 is 1.88 bits per heavy atom. The third-order valence-corrected chi connectivity index (χ3v) is 2.52. The lowest BCUT2D eigenvalue weighted by Crippen LogP contribution is -2.32. The molecule has 0 aliphatic heterocycles. The van der Waals surface area contributed by atoms with Crippen LogP contribution in [0.1, 0.15) is 19.4 Å². The molecular formula is C13H20N2O. The summed E-state index contributed by atoms with van der Waals surface area (Å²) in [6, 6.07) is 8.06. The molecule has 0 aliphatic carbocycles. The second kappa shape index (κ2) is 5.66. The molecule has 1 aromatic carbocycles. The second-order valence-electron chi connectivity index (χ2n) is 4.42. The van der Waals surface area contributed by atoms with Gasteiger partial charge in [0.25, 0.3) is 0 Å². The van der Waals surface area contributed by atoms with E-state index in [1.807, 2.05) is 12.1 Å². The van der Waals surface area contributed by atoms with Crippen molar-refractivity contribution < 1.29 is 4.79 Å². The molecule has 3 nitrogen and oxygen atoms in total. The van der Waals surface area contributed by atoms with Gasteiger partial charge >= 0.3 is 0 Å². The molecule has 0 atom stereocenters. The maximum absolute atomic E-state index is 11.4. The molecule has 0 heterocycles. The highest BCUT2D eigenvalue weighted by atomic mass is 16.2. The summed E-state index contributed by atoms with van der Waals surface area (Å²) in [7, 11) is 1.74. The molecule has 88 valence electrons. The van der Waals surface area contributed by atoms with Crippen molar-refractivity contribution in [2.75, 3.05) is 18.5 Å². The maximum Gasteiger partial charge on any atom is 0.240 e. The Morgan fingerprint density at radius 1 is 1.31 bits per heavy atom. The van der Waals surface area contributed by atoms with Gasteiger partial charge < -0.3 is 10.6 Å². The van der Waals surface area contributed by atoms with Crippen LogP contribution in [0.15, 0.2) is 24.3 Å². The fourth-order valence-electron chi connectivity index (χ4n) is 1.61. The number of rotatable bonds is 4. The van der Waals surface area contributed by atoms with Gasteiger partial charge in [-0.2, -0.15) is 0 Å². The predicted molar refractivity (Wildman–Crippen MR) is 67.4 cm³/mol. The molecule has 0 saturated carbocycles. The highest BCUT2D eigenvalue weighted by molar-refractivity contribution is 5.94. The summed E-state index contributed by atoms with van der Waals surface area (Å²) in [5, 5.41) is 0. The first-order chi connectivity index (χ1) is 7.54. The largest absolute Gasteiger partial charge is 0.322 e. The van der Waals surface area contributed by atoms with E-state index in [2.05, 4.69) is 26.0 Å². The molecule has 1 rings (SSSR count). The lowest BCUT2D eigenvalue weighted by Gasteiger charge is -2.16. The van der Waals surface area contributed by atoms with Crippen LogP contribution in [0.4, 0.5) is 5.69 Å². The second-order valence-corrected chi connectivity index (χ2v) is 4.42. The number of amides is 1. The van der Waals surface area contributed by atoms with Gasteiger partial charge in [0.15, 0.2) is 0 Å². The van der Waals surface area contributed by atoms with E-state index >= 15 is 0 Å². The van der Waals surface area contributed by atoms with Crippen LogP contribution >= 0.6 is 0 Å². The quantitative estimate of drug-likeness (QED) is 0.841. The Morgan fingerprint density at radius 3 is 2.31 bits per heavy atom. The zero-order valence-electron chi connectivity index (χ0n) is 10.2. The molecule has 0 bridgehead atoms. The smallest absolute Gasteiger partial charge is 0.240 e. The Hall–Kier alpha value is -1.35. The van der Waals surface area contributed by atoms with Gasteiger partial charge in [-0.05, 0) is 30.0 Å². The number of anilines is 1. The average molecular weight is 220 g/mol. The summed E-state index contributed by atoms with van der Waals surface area (Å²) in [6.07, 6.45) is 1.06. The number of nitrogens with zero attached hydrogens (tertiary/aromatic N) is 1. The Bertz CT molecular complexity index is 343. The van der Waals surface area contributed by atoms with E-state index in [1.54, 1.807) is 11.9 Å². The Kier molecular flexibility index (Phi) is 4.50. The zero-order chi connectivity index (χ0) is 12.1. The molecule has 0 spiro atoms. The topological polar surface area (TPSA) is 46.3 Å². The first kappa shape index (κ1) is 12.7. The number of nitrogens with two attached hydrogens (primary N) is 1. The first-order valence-electron chi connectivity index (χ1n) is 5.60. The fraction of sp³-hybridized carbons (Fsp3) is 0.462. The summed E-state index contributed by atoms with van der Waals surface area (Å²) in [4.78, 5) is 13.0. The summed E-state index contributed by atoms with van der Waals surface area (Å²) >= 11 is 0. The van der Waals surface area contributed by atoms with Crippen molar-refractivity contribution in [1.29, 1.82) is 0 Å². The summed E-state index contributed by atoms with van der Waals surface area (Å²) < 4.78 is 0. The van der Waals surface area contributed by atoms with Crippen LogP contribution in [0.5, 0.6) is 0 Å². The number of hydrogen-bond donors (Lipinski definition) is 1. The van der Waals surface area contributed by atoms with Crippen molar-refractivity contribution in [2.24, 2.45) is 11.7 Å². The van der Waals surface area contributed by atoms with Gasteiger partial charge in [-0.1, -0.05) is 26.0 Å². The summed E-state index contributed by atoms with van der Waals surface area (Å²) in [5.41, 5.74) is 7.50. The third-order valence-electron chi connectivity index (χ3n) is 2.52. The van der Waals surface area contributed by atoms with Crippen LogP contribution in [0.2, 0.25) is 0 Å². The molecule has 3 heteroatoms. The van der Waals surface area contributed by atoms with Crippen molar-refractivity contribution in [3.05, 3.63) is 29.8 Å². The van der Waals surface area contributed by atoms with Crippen molar-refractivity contribution in [2.45, 2.75) is 20.3 Å². The fourth-order valence-corrected chi connectivity index (χ4v) is 1.61. The van der Waals surface area contributed by atoms with Gasteiger partial charge in [0.1, 0.15) is 0 Å². The molecule has 0 unspecified atom stereocenters. The summed E-state index contributed by atoms with van der Waals surface area (Å²) in [5.74, 6) is 0.575. The van der Waals surface area contributed by atoms with Crippen LogP contribution in [0, 0.1) is 5.92 Å². The average Bonchev–Trinajstić information content (AvgIpc) is 2.27. The standard InChI is InChI=1S/C13H20N2O/c1-10(2)8-11-4-6-12(7-5-11)15(3)13(16)9-14/h4-7,10H,8-9,14H2,1-3H3. The lowest BCUT2D eigenvalue weighted by atomic mass is 10.0. The predicted octanol–water partition coefficient (Wildman–Crippen LogP) is 1.81. The van der Waals surface area contributed by atoms with E-state index in [-0.39, 0.29) is 12.5 Å². The number of carbonyl (C=O) groups is 1. The van der Waals surface area contributed by atoms with Crippen molar-refractivity contribution in [3.8, 4) is 0 Å². The molecule has 0 saturated heterocycles. The Balaban J connectivity index is 2.74. The van der Waals surface area contributed by atoms with Gasteiger partial charge in [-0.3, -0.25) is 4.79 Å². The molecular weight excluding hydrogens is 200 g/mol. The van der Waals surface area contributed by atoms with Gasteiger partial charge in [-0.25, -0.2) is 0 Å². The van der Waals surface area contributed by atoms with Crippen LogP contribution < -0.4 is 10.6 Å². The van der Waals surface area contributed by atoms with Crippen molar-refractivity contribution in [1.82, 2.24) is 0 Å². The number of benzene rings is 1. The van der Waals surface area contributed by atoms with Crippen LogP contribution in [-0.2, 0) is 11.2 Å². The first-order valence-corrected chi connectivity index (χ1v) is 5.60. The lowest BCUT2D eigenvalue weighted by molar-refractivity contribution is -0.117. The normalized spacial score (nSPS) is 10.6. The van der Waals surface area contributed by atoms with Crippen LogP contribution in [-0.4, -0.2) is 19.5 Å². The molecule has 0 aromatic heterocycles. The number of likely N-dealkylation sites (N-methyl/N-ethyl adjacent to an activating group) is 1. The molecule has 0 radical (unpaired) electrons. The van der Waals surface area contributed by atoms with Gasteiger partial charge in [0.05, 0.1) is 6.54 Å². The van der Waals surface area contributed by atoms with Gasteiger partial charge in [0, 0.05) is 12.7 Å². The van der Waals surface area contributed by atoms with Crippen LogP contribution in [0.3, 0.4) is 0 Å². The minimum absolute atomic E-state index is 0.0459. The SMILES string of the molecule is CC(C)Cc1ccc(N(C)C(=O)CN)cc1. The van der Waals surface area contributed by atoms with E-state index < -0.39 is 0 Å². The van der Waals surface area contributed by atoms with E-state index in [4.69, 9.17) is 5.73 Å².